The van der Waals surface area contributed by atoms with Gasteiger partial charge in [-0.05, 0) is 6.08 Å². The van der Waals surface area contributed by atoms with Gasteiger partial charge < -0.3 is 4.84 Å². The Morgan fingerprint density at radius 2 is 2.86 bits per heavy atom. The van der Waals surface area contributed by atoms with Crippen molar-refractivity contribution in [2.75, 3.05) is 6.54 Å². The predicted molar refractivity (Wildman–Crippen MR) is 23.7 cm³/mol. The number of nitrogens with zero attached hydrogens (tertiary/aromatic N) is 1. The lowest BCUT2D eigenvalue weighted by atomic mass is 10.4. The Kier molecular flexibility index (Phi) is 0.372. The summed E-state index contributed by atoms with van der Waals surface area (Å²) < 4.78 is 0. The quantitative estimate of drug-likeness (QED) is 0.405. The van der Waals surface area contributed by atoms with Gasteiger partial charge in [0.15, 0.2) is 0 Å². The van der Waals surface area contributed by atoms with E-state index < -0.39 is 0 Å². The fraction of sp³-hybridized carbons (Fsp3) is 0.200. The van der Waals surface area contributed by atoms with Crippen molar-refractivity contribution in [1.29, 1.82) is 0 Å². The second kappa shape index (κ2) is 0.832. The number of hydrogen-bond donors (Lipinski definition) is 0. The molecule has 2 rings (SSSR count). The number of hydrogen-bond acceptors (Lipinski definition) is 2. The van der Waals surface area contributed by atoms with Gasteiger partial charge in [-0.2, -0.15) is 5.06 Å². The summed E-state index contributed by atoms with van der Waals surface area (Å²) in [5, 5.41) is 1.78. The van der Waals surface area contributed by atoms with Crippen LogP contribution in [0.5, 0.6) is 0 Å². The number of fused-ring (bicyclic) bond motifs is 1. The van der Waals surface area contributed by atoms with Crippen LogP contribution in [0.1, 0.15) is 0 Å². The molecule has 2 nitrogen and oxygen atoms in total. The first-order valence-electron chi connectivity index (χ1n) is 2.19. The normalized spacial score (nSPS) is 22.9. The van der Waals surface area contributed by atoms with Gasteiger partial charge in [-0.25, -0.2) is 0 Å². The number of allylic oxidation sites excluding steroid dienone is 2. The van der Waals surface area contributed by atoms with Gasteiger partial charge in [0.1, 0.15) is 0 Å². The fourth-order valence-electron chi connectivity index (χ4n) is 0.582. The van der Waals surface area contributed by atoms with Gasteiger partial charge in [0.05, 0.1) is 6.54 Å². The molecule has 0 N–H and O–H groups in total. The smallest absolute Gasteiger partial charge is 0.256 e. The van der Waals surface area contributed by atoms with E-state index in [1.807, 2.05) is 12.2 Å². The third kappa shape index (κ3) is 0.330. The molecule has 0 aromatic rings. The van der Waals surface area contributed by atoms with E-state index in [1.165, 1.54) is 0 Å². The van der Waals surface area contributed by atoms with Crippen molar-refractivity contribution in [2.45, 2.75) is 0 Å². The summed E-state index contributed by atoms with van der Waals surface area (Å²) in [6.45, 7) is 0.797. The lowest BCUT2D eigenvalue weighted by Crippen LogP contribution is -1.95. The highest BCUT2D eigenvalue weighted by Crippen LogP contribution is 2.25. The maximum Gasteiger partial charge on any atom is 0.256 e. The largest absolute Gasteiger partial charge is 0.355 e. The van der Waals surface area contributed by atoms with Crippen LogP contribution in [0.25, 0.3) is 0 Å². The topological polar surface area (TPSA) is 15.5 Å². The minimum atomic E-state index is 0.797. The van der Waals surface area contributed by atoms with E-state index in [-0.39, 0.29) is 0 Å². The minimum Gasteiger partial charge on any atom is -0.355 e. The van der Waals surface area contributed by atoms with Crippen LogP contribution < -0.4 is 0 Å². The molecule has 2 aliphatic heterocycles. The highest BCUT2D eigenvalue weighted by atomic mass is 16.8. The Morgan fingerprint density at radius 3 is 3.43 bits per heavy atom. The van der Waals surface area contributed by atoms with Crippen molar-refractivity contribution in [3.8, 4) is 0 Å². The van der Waals surface area contributed by atoms with Gasteiger partial charge in [0.2, 0.25) is 0 Å². The zero-order valence-electron chi connectivity index (χ0n) is 3.72. The van der Waals surface area contributed by atoms with Crippen LogP contribution in [0.3, 0.4) is 0 Å². The van der Waals surface area contributed by atoms with Gasteiger partial charge in [-0.3, -0.25) is 0 Å². The summed E-state index contributed by atoms with van der Waals surface area (Å²) in [6, 6.07) is 0. The summed E-state index contributed by atoms with van der Waals surface area (Å²) in [5.41, 5.74) is 0. The number of rotatable bonds is 0. The average Bonchev–Trinajstić information content (AvgIpc) is 2.41. The third-order valence-electron chi connectivity index (χ3n) is 0.996. The van der Waals surface area contributed by atoms with Crippen LogP contribution in [0.2, 0.25) is 0 Å². The van der Waals surface area contributed by atoms with Crippen molar-refractivity contribution in [1.82, 2.24) is 5.06 Å². The van der Waals surface area contributed by atoms with E-state index in [4.69, 9.17) is 4.84 Å². The van der Waals surface area contributed by atoms with Gasteiger partial charge >= 0.3 is 0 Å². The predicted octanol–water partition coefficient (Wildman–Crippen LogP) is 0.448. The average molecular weight is 94.1 g/mol. The highest BCUT2D eigenvalue weighted by molar-refractivity contribution is 5.14. The molecule has 2 heterocycles. The maximum absolute atomic E-state index is 4.88. The lowest BCUT2D eigenvalue weighted by Gasteiger charge is -1.85. The maximum atomic E-state index is 4.88. The first-order chi connectivity index (χ1) is 3.47. The lowest BCUT2D eigenvalue weighted by molar-refractivity contribution is 0.218. The monoisotopic (exact) mass is 94.0 g/mol. The van der Waals surface area contributed by atoms with Crippen LogP contribution >= 0.6 is 0 Å². The van der Waals surface area contributed by atoms with Gasteiger partial charge in [0.25, 0.3) is 5.88 Å². The van der Waals surface area contributed by atoms with Crippen LogP contribution in [-0.2, 0) is 4.84 Å². The molecule has 7 heavy (non-hydrogen) atoms. The first-order valence-corrected chi connectivity index (χ1v) is 2.19. The molecule has 0 saturated carbocycles. The molecule has 0 unspecified atom stereocenters. The fourth-order valence-corrected chi connectivity index (χ4v) is 0.582. The van der Waals surface area contributed by atoms with E-state index in [0.29, 0.717) is 0 Å². The van der Waals surface area contributed by atoms with Crippen molar-refractivity contribution in [3.63, 3.8) is 0 Å². The minimum absolute atomic E-state index is 0.797. The molecule has 0 aromatic carbocycles. The van der Waals surface area contributed by atoms with Gasteiger partial charge in [-0.15, -0.1) is 0 Å². The van der Waals surface area contributed by atoms with Crippen LogP contribution in [0.4, 0.5) is 0 Å². The summed E-state index contributed by atoms with van der Waals surface area (Å²) in [4.78, 5) is 4.88. The Hall–Kier alpha value is -0.920. The van der Waals surface area contributed by atoms with Crippen molar-refractivity contribution < 1.29 is 4.84 Å². The molecule has 0 bridgehead atoms. The second-order valence-electron chi connectivity index (χ2n) is 1.50. The Labute approximate surface area is 41.6 Å². The molecule has 1 fully saturated rings. The van der Waals surface area contributed by atoms with E-state index in [9.17, 15) is 0 Å². The highest BCUT2D eigenvalue weighted by Gasteiger charge is 2.28. The van der Waals surface area contributed by atoms with Crippen molar-refractivity contribution in [3.05, 3.63) is 24.1 Å². The molecule has 2 heteroatoms. The molecular weight excluding hydrogens is 90.1 g/mol. The molecule has 0 spiro atoms. The molecule has 0 aliphatic carbocycles. The standard InChI is InChI=1S/C5H4NO/c1-2-4-6-5(3-1)7-6/h1,3H,4H2. The van der Waals surface area contributed by atoms with Crippen LogP contribution in [0, 0.1) is 6.08 Å². The van der Waals surface area contributed by atoms with Gasteiger partial charge in [0, 0.05) is 6.08 Å². The van der Waals surface area contributed by atoms with E-state index >= 15 is 0 Å². The summed E-state index contributed by atoms with van der Waals surface area (Å²) in [5.74, 6) is 0.971. The molecule has 1 saturated heterocycles. The Balaban J connectivity index is 2.31. The van der Waals surface area contributed by atoms with Crippen molar-refractivity contribution >= 4 is 0 Å². The zero-order valence-corrected chi connectivity index (χ0v) is 3.72. The Morgan fingerprint density at radius 1 is 1.86 bits per heavy atom. The van der Waals surface area contributed by atoms with Crippen LogP contribution in [-0.4, -0.2) is 11.6 Å². The number of hydroxylamine groups is 2. The summed E-state index contributed by atoms with van der Waals surface area (Å²) in [7, 11) is 0. The second-order valence-corrected chi connectivity index (χ2v) is 1.50. The first kappa shape index (κ1) is 3.13. The van der Waals surface area contributed by atoms with E-state index in [2.05, 4.69) is 6.08 Å². The molecular formula is C5H4NO. The summed E-state index contributed by atoms with van der Waals surface area (Å²) >= 11 is 0. The van der Waals surface area contributed by atoms with Crippen LogP contribution in [0.15, 0.2) is 18.0 Å². The molecule has 0 amide bonds. The Bertz CT molecular complexity index is 148. The molecule has 1 radical (unpaired) electrons. The zero-order chi connectivity index (χ0) is 4.69. The van der Waals surface area contributed by atoms with Gasteiger partial charge in [-0.1, -0.05) is 6.08 Å². The van der Waals surface area contributed by atoms with Crippen molar-refractivity contribution in [2.24, 2.45) is 0 Å². The molecule has 0 atom stereocenters. The molecule has 2 aliphatic rings. The third-order valence-corrected chi connectivity index (χ3v) is 0.996. The SMILES string of the molecule is [C]1=CC=C2ON2C1. The molecule has 35 valence electrons. The van der Waals surface area contributed by atoms with E-state index in [0.717, 1.165) is 12.4 Å². The van der Waals surface area contributed by atoms with E-state index in [1.54, 1.807) is 5.06 Å². The summed E-state index contributed by atoms with van der Waals surface area (Å²) in [6.07, 6.45) is 6.74. The molecule has 0 aromatic heterocycles.